The fraction of sp³-hybridized carbons (Fsp3) is 0.500. The van der Waals surface area contributed by atoms with E-state index >= 15 is 0 Å². The number of aryl methyl sites for hydroxylation is 1. The first-order chi connectivity index (χ1) is 19.0. The number of aromatic nitrogens is 4. The fourth-order valence-electron chi connectivity index (χ4n) is 4.70. The summed E-state index contributed by atoms with van der Waals surface area (Å²) >= 11 is 0. The van der Waals surface area contributed by atoms with E-state index in [1.165, 1.54) is 11.5 Å². The molecule has 0 radical (unpaired) electrons. The number of aliphatic carboxylic acids is 2. The van der Waals surface area contributed by atoms with E-state index in [1.54, 1.807) is 6.26 Å². The minimum absolute atomic E-state index is 0.0262. The van der Waals surface area contributed by atoms with E-state index in [9.17, 15) is 26.3 Å². The second-order valence-corrected chi connectivity index (χ2v) is 9.44. The predicted molar refractivity (Wildman–Crippen MR) is 129 cm³/mol. The Labute approximate surface area is 229 Å². The van der Waals surface area contributed by atoms with Crippen LogP contribution in [0.2, 0.25) is 0 Å². The number of fused-ring (bicyclic) bond motifs is 2. The normalized spacial score (nSPS) is 17.2. The van der Waals surface area contributed by atoms with Crippen molar-refractivity contribution in [1.82, 2.24) is 29.1 Å². The number of hydrogen-bond donors (Lipinski definition) is 2. The quantitative estimate of drug-likeness (QED) is 0.437. The van der Waals surface area contributed by atoms with Gasteiger partial charge in [-0.2, -0.15) is 31.4 Å². The van der Waals surface area contributed by atoms with Crippen molar-refractivity contribution in [2.24, 2.45) is 7.05 Å². The minimum Gasteiger partial charge on any atom is -0.475 e. The summed E-state index contributed by atoms with van der Waals surface area (Å²) in [5, 5.41) is 18.6. The zero-order valence-corrected chi connectivity index (χ0v) is 22.0. The summed E-state index contributed by atoms with van der Waals surface area (Å²) in [6.45, 7) is 5.03. The Bertz CT molecular complexity index is 1290. The number of alkyl halides is 6. The van der Waals surface area contributed by atoms with E-state index in [1.807, 2.05) is 30.2 Å². The molecule has 0 unspecified atom stereocenters. The van der Waals surface area contributed by atoms with Gasteiger partial charge in [0, 0.05) is 45.0 Å². The highest BCUT2D eigenvalue weighted by Gasteiger charge is 2.45. The molecule has 11 nitrogen and oxygen atoms in total. The average molecular weight is 595 g/mol. The zero-order valence-electron chi connectivity index (χ0n) is 22.0. The number of halogens is 6. The van der Waals surface area contributed by atoms with Crippen molar-refractivity contribution >= 4 is 11.9 Å². The Morgan fingerprint density at radius 3 is 2.02 bits per heavy atom. The van der Waals surface area contributed by atoms with Crippen LogP contribution in [-0.2, 0) is 35.3 Å². The summed E-state index contributed by atoms with van der Waals surface area (Å²) in [4.78, 5) is 27.7. The molecule has 0 aromatic carbocycles. The van der Waals surface area contributed by atoms with Gasteiger partial charge in [-0.05, 0) is 32.0 Å². The number of nitrogens with zero attached hydrogens (tertiary/aromatic N) is 6. The van der Waals surface area contributed by atoms with E-state index in [2.05, 4.69) is 38.8 Å². The summed E-state index contributed by atoms with van der Waals surface area (Å²) in [5.74, 6) is -3.25. The van der Waals surface area contributed by atoms with Crippen molar-refractivity contribution in [3.8, 4) is 11.3 Å². The highest BCUT2D eigenvalue weighted by Crippen LogP contribution is 2.41. The molecule has 0 bridgehead atoms. The van der Waals surface area contributed by atoms with Gasteiger partial charge in [-0.25, -0.2) is 14.6 Å². The number of carboxylic acid groups (broad SMARTS) is 2. The van der Waals surface area contributed by atoms with Crippen LogP contribution in [-0.4, -0.2) is 90.3 Å². The van der Waals surface area contributed by atoms with Crippen molar-refractivity contribution in [2.75, 3.05) is 26.7 Å². The van der Waals surface area contributed by atoms with Gasteiger partial charge in [0.15, 0.2) is 0 Å². The van der Waals surface area contributed by atoms with Gasteiger partial charge in [-0.15, -0.1) is 0 Å². The van der Waals surface area contributed by atoms with Gasteiger partial charge >= 0.3 is 24.3 Å². The molecule has 17 heteroatoms. The zero-order chi connectivity index (χ0) is 30.6. The highest BCUT2D eigenvalue weighted by atomic mass is 19.4. The average Bonchev–Trinajstić information content (AvgIpc) is 3.64. The maximum absolute atomic E-state index is 10.6. The molecule has 5 rings (SSSR count). The lowest BCUT2D eigenvalue weighted by molar-refractivity contribution is -0.193. The van der Waals surface area contributed by atoms with Gasteiger partial charge in [-0.3, -0.25) is 14.5 Å². The van der Waals surface area contributed by atoms with Crippen LogP contribution >= 0.6 is 0 Å². The monoisotopic (exact) mass is 594 g/mol. The highest BCUT2D eigenvalue weighted by molar-refractivity contribution is 5.73. The second kappa shape index (κ2) is 12.3. The Kier molecular flexibility index (Phi) is 9.53. The third kappa shape index (κ3) is 7.66. The van der Waals surface area contributed by atoms with Crippen LogP contribution in [0.4, 0.5) is 26.3 Å². The summed E-state index contributed by atoms with van der Waals surface area (Å²) in [5.41, 5.74) is 2.35. The molecule has 0 aliphatic carbocycles. The SMILES string of the molecule is CN1CCn2c(-c3cnn(C)c3)cnc2C12CCN(Cc1ccco1)CC2.O=C(O)C(F)(F)F.O=C(O)C(F)(F)F. The predicted octanol–water partition coefficient (Wildman–Crippen LogP) is 3.58. The molecular formula is C24H28F6N6O5. The number of carboxylic acids is 2. The smallest absolute Gasteiger partial charge is 0.475 e. The number of rotatable bonds is 3. The number of hydrogen-bond acceptors (Lipinski definition) is 7. The molecule has 226 valence electrons. The third-order valence-corrected chi connectivity index (χ3v) is 6.79. The van der Waals surface area contributed by atoms with E-state index in [4.69, 9.17) is 29.2 Å². The molecule has 3 aromatic heterocycles. The topological polar surface area (TPSA) is 130 Å². The van der Waals surface area contributed by atoms with Gasteiger partial charge < -0.3 is 19.2 Å². The fourth-order valence-corrected chi connectivity index (χ4v) is 4.70. The number of likely N-dealkylation sites (N-methyl/N-ethyl adjacent to an activating group) is 1. The molecule has 0 saturated carbocycles. The number of likely N-dealkylation sites (tertiary alicyclic amines) is 1. The van der Waals surface area contributed by atoms with Crippen LogP contribution in [0.1, 0.15) is 24.4 Å². The minimum atomic E-state index is -5.08. The van der Waals surface area contributed by atoms with Crippen LogP contribution in [0, 0.1) is 0 Å². The molecular weight excluding hydrogens is 566 g/mol. The Balaban J connectivity index is 0.000000276. The van der Waals surface area contributed by atoms with Crippen LogP contribution < -0.4 is 0 Å². The molecule has 41 heavy (non-hydrogen) atoms. The molecule has 1 fully saturated rings. The van der Waals surface area contributed by atoms with Gasteiger partial charge in [0.1, 0.15) is 11.6 Å². The first kappa shape index (κ1) is 31.7. The Hall–Kier alpha value is -3.86. The van der Waals surface area contributed by atoms with Gasteiger partial charge in [0.05, 0.1) is 36.4 Å². The van der Waals surface area contributed by atoms with E-state index in [0.717, 1.165) is 56.9 Å². The molecule has 2 aliphatic heterocycles. The third-order valence-electron chi connectivity index (χ3n) is 6.79. The molecule has 2 aliphatic rings. The van der Waals surface area contributed by atoms with Gasteiger partial charge in [0.2, 0.25) is 0 Å². The molecule has 2 N–H and O–H groups in total. The standard InChI is InChI=1S/C20H26N6O.2C2HF3O2/c1-23-9-10-26-18(16-12-22-24(2)14-16)13-21-19(26)20(23)5-7-25(8-6-20)15-17-4-3-11-27-17;2*3-2(4,5)1(6)7/h3-4,11-14H,5-10,15H2,1-2H3;2*(H,6,7). The van der Waals surface area contributed by atoms with Crippen LogP contribution in [0.5, 0.6) is 0 Å². The van der Waals surface area contributed by atoms with Crippen molar-refractivity contribution in [2.45, 2.75) is 43.8 Å². The lowest BCUT2D eigenvalue weighted by Crippen LogP contribution is -2.56. The lowest BCUT2D eigenvalue weighted by atomic mass is 9.83. The summed E-state index contributed by atoms with van der Waals surface area (Å²) < 4.78 is 73.3. The molecule has 0 amide bonds. The number of imidazole rings is 1. The maximum Gasteiger partial charge on any atom is 0.490 e. The van der Waals surface area contributed by atoms with Crippen molar-refractivity contribution in [3.63, 3.8) is 0 Å². The molecule has 1 spiro atoms. The van der Waals surface area contributed by atoms with Crippen molar-refractivity contribution in [1.29, 1.82) is 0 Å². The lowest BCUT2D eigenvalue weighted by Gasteiger charge is -2.49. The van der Waals surface area contributed by atoms with Crippen LogP contribution in [0.25, 0.3) is 11.3 Å². The largest absolute Gasteiger partial charge is 0.490 e. The number of piperidine rings is 1. The molecule has 0 atom stereocenters. The molecule has 5 heterocycles. The van der Waals surface area contributed by atoms with Crippen LogP contribution in [0.3, 0.4) is 0 Å². The summed E-state index contributed by atoms with van der Waals surface area (Å²) in [6.07, 6.45) is -0.196. The van der Waals surface area contributed by atoms with E-state index in [0.29, 0.717) is 0 Å². The summed E-state index contributed by atoms with van der Waals surface area (Å²) in [6, 6.07) is 4.02. The number of furan rings is 1. The number of carbonyl (C=O) groups is 2. The second-order valence-electron chi connectivity index (χ2n) is 9.44. The van der Waals surface area contributed by atoms with E-state index < -0.39 is 24.3 Å². The first-order valence-electron chi connectivity index (χ1n) is 12.2. The van der Waals surface area contributed by atoms with Gasteiger partial charge in [0.25, 0.3) is 0 Å². The van der Waals surface area contributed by atoms with Gasteiger partial charge in [-0.1, -0.05) is 0 Å². The Morgan fingerprint density at radius 1 is 0.976 bits per heavy atom. The van der Waals surface area contributed by atoms with Crippen molar-refractivity contribution < 1.29 is 50.6 Å². The maximum atomic E-state index is 10.6. The summed E-state index contributed by atoms with van der Waals surface area (Å²) in [7, 11) is 4.21. The van der Waals surface area contributed by atoms with Crippen molar-refractivity contribution in [3.05, 3.63) is 48.6 Å². The van der Waals surface area contributed by atoms with Crippen LogP contribution in [0.15, 0.2) is 41.4 Å². The molecule has 3 aromatic rings. The Morgan fingerprint density at radius 2 is 1.56 bits per heavy atom. The first-order valence-corrected chi connectivity index (χ1v) is 12.2. The van der Waals surface area contributed by atoms with E-state index in [-0.39, 0.29) is 5.54 Å². The molecule has 1 saturated heterocycles.